The van der Waals surface area contributed by atoms with Gasteiger partial charge in [-0.1, -0.05) is 17.4 Å². The number of para-hydroxylation sites is 1. The molecule has 1 aromatic heterocycles. The third-order valence-corrected chi connectivity index (χ3v) is 2.17. The lowest BCUT2D eigenvalue weighted by Crippen LogP contribution is -1.91. The minimum Gasteiger partial charge on any atom is -0.425 e. The molecule has 2 nitrogen and oxygen atoms in total. The highest BCUT2D eigenvalue weighted by Crippen LogP contribution is 2.28. The smallest absolute Gasteiger partial charge is 0.278 e. The molecule has 1 aromatic carbocycles. The first-order valence-corrected chi connectivity index (χ1v) is 4.66. The van der Waals surface area contributed by atoms with E-state index in [4.69, 9.17) is 4.74 Å². The van der Waals surface area contributed by atoms with Crippen LogP contribution in [-0.2, 0) is 0 Å². The van der Waals surface area contributed by atoms with Crippen LogP contribution in [0.25, 0.3) is 0 Å². The molecule has 1 heterocycles. The normalized spacial score (nSPS) is 10.1. The van der Waals surface area contributed by atoms with E-state index < -0.39 is 17.4 Å². The topological polar surface area (TPSA) is 22.1 Å². The zero-order valence-electron chi connectivity index (χ0n) is 6.91. The maximum atomic E-state index is 13.1. The minimum absolute atomic E-state index is 0.217. The van der Waals surface area contributed by atoms with Crippen molar-refractivity contribution in [1.82, 2.24) is 4.98 Å². The monoisotopic (exact) mass is 213 g/mol. The average molecular weight is 213 g/mol. The van der Waals surface area contributed by atoms with Gasteiger partial charge in [0.25, 0.3) is 5.19 Å². The van der Waals surface area contributed by atoms with Crippen molar-refractivity contribution in [2.45, 2.75) is 0 Å². The predicted molar refractivity (Wildman–Crippen MR) is 48.5 cm³/mol. The van der Waals surface area contributed by atoms with Crippen LogP contribution in [0.4, 0.5) is 8.78 Å². The maximum Gasteiger partial charge on any atom is 0.278 e. The lowest BCUT2D eigenvalue weighted by molar-refractivity contribution is 0.405. The largest absolute Gasteiger partial charge is 0.425 e. The second kappa shape index (κ2) is 3.71. The Kier molecular flexibility index (Phi) is 2.41. The Labute approximate surface area is 82.8 Å². The number of nitrogens with zero attached hydrogens (tertiary/aromatic N) is 1. The number of thiazole rings is 1. The van der Waals surface area contributed by atoms with Crippen LogP contribution in [0.3, 0.4) is 0 Å². The molecule has 0 unspecified atom stereocenters. The summed E-state index contributed by atoms with van der Waals surface area (Å²) in [5.41, 5.74) is 0. The second-order valence-electron chi connectivity index (χ2n) is 2.45. The molecule has 0 bridgehead atoms. The van der Waals surface area contributed by atoms with E-state index in [9.17, 15) is 8.78 Å². The van der Waals surface area contributed by atoms with Gasteiger partial charge in [0.1, 0.15) is 0 Å². The van der Waals surface area contributed by atoms with Crippen molar-refractivity contribution in [2.75, 3.05) is 0 Å². The van der Waals surface area contributed by atoms with E-state index in [1.54, 1.807) is 5.38 Å². The van der Waals surface area contributed by atoms with Crippen LogP contribution in [0.2, 0.25) is 0 Å². The predicted octanol–water partition coefficient (Wildman–Crippen LogP) is 3.21. The Balaban J connectivity index is 2.33. The summed E-state index contributed by atoms with van der Waals surface area (Å²) in [5.74, 6) is -1.89. The Bertz CT molecular complexity index is 410. The van der Waals surface area contributed by atoms with E-state index in [-0.39, 0.29) is 5.19 Å². The summed E-state index contributed by atoms with van der Waals surface area (Å²) in [6, 6.07) is 3.54. The fourth-order valence-electron chi connectivity index (χ4n) is 0.928. The van der Waals surface area contributed by atoms with Crippen LogP contribution in [0.1, 0.15) is 0 Å². The van der Waals surface area contributed by atoms with Gasteiger partial charge in [0.15, 0.2) is 11.6 Å². The van der Waals surface area contributed by atoms with Crippen LogP contribution in [0, 0.1) is 11.6 Å². The molecular weight excluding hydrogens is 208 g/mol. The van der Waals surface area contributed by atoms with E-state index in [2.05, 4.69) is 4.98 Å². The van der Waals surface area contributed by atoms with Gasteiger partial charge in [-0.3, -0.25) is 0 Å². The summed E-state index contributed by atoms with van der Waals surface area (Å²) in [6.45, 7) is 0. The second-order valence-corrected chi connectivity index (χ2v) is 3.31. The molecule has 14 heavy (non-hydrogen) atoms. The van der Waals surface area contributed by atoms with Crippen LogP contribution in [0.5, 0.6) is 10.9 Å². The van der Waals surface area contributed by atoms with Gasteiger partial charge < -0.3 is 4.74 Å². The van der Waals surface area contributed by atoms with Gasteiger partial charge in [0, 0.05) is 11.6 Å². The van der Waals surface area contributed by atoms with Crippen molar-refractivity contribution in [2.24, 2.45) is 0 Å². The Morgan fingerprint density at radius 2 is 1.93 bits per heavy atom. The highest BCUT2D eigenvalue weighted by atomic mass is 32.1. The highest BCUT2D eigenvalue weighted by Gasteiger charge is 2.11. The van der Waals surface area contributed by atoms with E-state index in [0.717, 1.165) is 12.1 Å². The molecule has 0 radical (unpaired) electrons. The van der Waals surface area contributed by atoms with Crippen LogP contribution in [-0.4, -0.2) is 4.98 Å². The van der Waals surface area contributed by atoms with Crippen molar-refractivity contribution < 1.29 is 13.5 Å². The SMILES string of the molecule is Fc1cccc(F)c1Oc1nccs1. The minimum atomic E-state index is -0.736. The zero-order chi connectivity index (χ0) is 9.97. The molecule has 2 rings (SSSR count). The summed E-state index contributed by atoms with van der Waals surface area (Å²) in [5, 5.41) is 1.88. The van der Waals surface area contributed by atoms with Crippen molar-refractivity contribution in [1.29, 1.82) is 0 Å². The third-order valence-electron chi connectivity index (χ3n) is 1.52. The molecule has 0 N–H and O–H groups in total. The van der Waals surface area contributed by atoms with Gasteiger partial charge in [0.2, 0.25) is 5.75 Å². The maximum absolute atomic E-state index is 13.1. The average Bonchev–Trinajstić information content (AvgIpc) is 2.64. The molecule has 0 spiro atoms. The molecule has 0 amide bonds. The van der Waals surface area contributed by atoms with Crippen LogP contribution >= 0.6 is 11.3 Å². The van der Waals surface area contributed by atoms with E-state index in [1.807, 2.05) is 0 Å². The number of hydrogen-bond donors (Lipinski definition) is 0. The summed E-state index contributed by atoms with van der Waals surface area (Å²) in [4.78, 5) is 3.76. The molecule has 0 aliphatic carbocycles. The molecule has 0 saturated heterocycles. The van der Waals surface area contributed by atoms with Gasteiger partial charge in [-0.05, 0) is 12.1 Å². The molecule has 0 atom stereocenters. The molecule has 0 saturated carbocycles. The lowest BCUT2D eigenvalue weighted by atomic mass is 10.3. The fraction of sp³-hybridized carbons (Fsp3) is 0. The van der Waals surface area contributed by atoms with Crippen molar-refractivity contribution in [3.63, 3.8) is 0 Å². The Hall–Kier alpha value is -1.49. The first-order chi connectivity index (χ1) is 6.77. The molecule has 0 fully saturated rings. The van der Waals surface area contributed by atoms with E-state index >= 15 is 0 Å². The lowest BCUT2D eigenvalue weighted by Gasteiger charge is -2.03. The number of halogens is 2. The summed E-state index contributed by atoms with van der Waals surface area (Å²) in [7, 11) is 0. The molecule has 2 aromatic rings. The van der Waals surface area contributed by atoms with Crippen LogP contribution < -0.4 is 4.74 Å². The fourth-order valence-corrected chi connectivity index (χ4v) is 1.42. The van der Waals surface area contributed by atoms with E-state index in [0.29, 0.717) is 0 Å². The summed E-state index contributed by atoms with van der Waals surface area (Å²) in [6.07, 6.45) is 1.50. The molecule has 72 valence electrons. The Morgan fingerprint density at radius 3 is 2.50 bits per heavy atom. The van der Waals surface area contributed by atoms with Crippen LogP contribution in [0.15, 0.2) is 29.8 Å². The zero-order valence-corrected chi connectivity index (χ0v) is 7.72. The summed E-state index contributed by atoms with van der Waals surface area (Å²) >= 11 is 1.17. The first-order valence-electron chi connectivity index (χ1n) is 3.79. The standard InChI is InChI=1S/C9H5F2NOS/c10-6-2-1-3-7(11)8(6)13-9-12-4-5-14-9/h1-5H. The van der Waals surface area contributed by atoms with Gasteiger partial charge >= 0.3 is 0 Å². The number of rotatable bonds is 2. The quantitative estimate of drug-likeness (QED) is 0.764. The van der Waals surface area contributed by atoms with Gasteiger partial charge in [0.05, 0.1) is 0 Å². The third kappa shape index (κ3) is 1.72. The highest BCUT2D eigenvalue weighted by molar-refractivity contribution is 7.11. The molecule has 0 aliphatic rings. The molecular formula is C9H5F2NOS. The number of benzene rings is 1. The number of hydrogen-bond acceptors (Lipinski definition) is 3. The molecule has 5 heteroatoms. The van der Waals surface area contributed by atoms with Gasteiger partial charge in [-0.15, -0.1) is 0 Å². The van der Waals surface area contributed by atoms with Gasteiger partial charge in [-0.25, -0.2) is 13.8 Å². The van der Waals surface area contributed by atoms with E-state index in [1.165, 1.54) is 23.6 Å². The van der Waals surface area contributed by atoms with Gasteiger partial charge in [-0.2, -0.15) is 0 Å². The number of aromatic nitrogens is 1. The van der Waals surface area contributed by atoms with Crippen molar-refractivity contribution in [3.8, 4) is 10.9 Å². The van der Waals surface area contributed by atoms with Crippen molar-refractivity contribution in [3.05, 3.63) is 41.4 Å². The number of ether oxygens (including phenoxy) is 1. The molecule has 0 aliphatic heterocycles. The van der Waals surface area contributed by atoms with Crippen molar-refractivity contribution >= 4 is 11.3 Å². The Morgan fingerprint density at radius 1 is 1.21 bits per heavy atom. The summed E-state index contributed by atoms with van der Waals surface area (Å²) < 4.78 is 31.0. The first kappa shape index (κ1) is 9.08.